The summed E-state index contributed by atoms with van der Waals surface area (Å²) in [5.74, 6) is 1.18. The Labute approximate surface area is 178 Å². The lowest BCUT2D eigenvalue weighted by Gasteiger charge is -2.14. The van der Waals surface area contributed by atoms with Gasteiger partial charge in [-0.15, -0.1) is 0 Å². The number of fused-ring (bicyclic) bond motifs is 3. The molecule has 0 saturated carbocycles. The summed E-state index contributed by atoms with van der Waals surface area (Å²) in [4.78, 5) is 0. The molecule has 5 rings (SSSR count). The number of rotatable bonds is 2. The molecular weight excluding hydrogens is 364 g/mol. The van der Waals surface area contributed by atoms with Crippen molar-refractivity contribution in [2.24, 2.45) is 7.05 Å². The molecule has 0 aliphatic rings. The van der Waals surface area contributed by atoms with E-state index in [1.54, 1.807) is 0 Å². The van der Waals surface area contributed by atoms with E-state index in [2.05, 4.69) is 117 Å². The first kappa shape index (κ1) is 18.6. The van der Waals surface area contributed by atoms with E-state index in [1.165, 1.54) is 61.0 Å². The lowest BCUT2D eigenvalue weighted by atomic mass is 9.93. The molecule has 0 radical (unpaired) electrons. The van der Waals surface area contributed by atoms with Crippen molar-refractivity contribution in [3.05, 3.63) is 95.2 Å². The highest BCUT2D eigenvalue weighted by Crippen LogP contribution is 2.35. The van der Waals surface area contributed by atoms with Crippen LogP contribution in [0.4, 0.5) is 0 Å². The Bertz CT molecular complexity index is 1420. The first-order valence-corrected chi connectivity index (χ1v) is 10.5. The van der Waals surface area contributed by atoms with E-state index in [-0.39, 0.29) is 0 Å². The monoisotopic (exact) mass is 391 g/mol. The molecule has 0 unspecified atom stereocenters. The van der Waals surface area contributed by atoms with Gasteiger partial charge in [-0.25, -0.2) is 4.57 Å². The van der Waals surface area contributed by atoms with E-state index in [0.29, 0.717) is 0 Å². The smallest absolute Gasteiger partial charge is 0.236 e. The van der Waals surface area contributed by atoms with Gasteiger partial charge in [0.25, 0.3) is 5.82 Å². The van der Waals surface area contributed by atoms with Crippen LogP contribution >= 0.6 is 0 Å². The van der Waals surface area contributed by atoms with E-state index >= 15 is 0 Å². The molecule has 0 bridgehead atoms. The van der Waals surface area contributed by atoms with Crippen molar-refractivity contribution >= 4 is 21.8 Å². The molecule has 0 N–H and O–H groups in total. The first-order chi connectivity index (χ1) is 14.5. The molecule has 0 spiro atoms. The van der Waals surface area contributed by atoms with Gasteiger partial charge in [0.1, 0.15) is 11.0 Å². The Kier molecular flexibility index (Phi) is 4.25. The van der Waals surface area contributed by atoms with Gasteiger partial charge in [-0.05, 0) is 79.3 Å². The van der Waals surface area contributed by atoms with Gasteiger partial charge in [-0.2, -0.15) is 4.57 Å². The molecule has 0 aliphatic carbocycles. The molecule has 2 aromatic heterocycles. The van der Waals surface area contributed by atoms with Gasteiger partial charge in [-0.1, -0.05) is 42.5 Å². The molecule has 2 heterocycles. The summed E-state index contributed by atoms with van der Waals surface area (Å²) in [5.41, 5.74) is 10.4. The van der Waals surface area contributed by atoms with Crippen LogP contribution in [0.15, 0.2) is 72.9 Å². The molecule has 0 aliphatic heterocycles. The standard InChI is InChI=1S/C28H27N2/c1-18-10-8-11-19(2)27(18)24-16-26(29(5)17-21(24)4)30-25-15-7-6-13-22(25)23-14-9-12-20(3)28(23)30/h6-17H,1-5H3/q+1. The van der Waals surface area contributed by atoms with Crippen LogP contribution in [0.2, 0.25) is 0 Å². The first-order valence-electron chi connectivity index (χ1n) is 10.5. The highest BCUT2D eigenvalue weighted by atomic mass is 15.1. The molecule has 2 nitrogen and oxygen atoms in total. The molecule has 5 aromatic rings. The van der Waals surface area contributed by atoms with Crippen molar-refractivity contribution in [2.75, 3.05) is 0 Å². The van der Waals surface area contributed by atoms with Crippen molar-refractivity contribution < 1.29 is 4.57 Å². The Morgan fingerprint density at radius 1 is 0.667 bits per heavy atom. The second kappa shape index (κ2) is 6.84. The van der Waals surface area contributed by atoms with Crippen LogP contribution in [0.1, 0.15) is 22.3 Å². The van der Waals surface area contributed by atoms with Crippen LogP contribution in [0.3, 0.4) is 0 Å². The van der Waals surface area contributed by atoms with E-state index in [0.717, 1.165) is 0 Å². The van der Waals surface area contributed by atoms with Crippen molar-refractivity contribution in [3.8, 4) is 16.9 Å². The maximum Gasteiger partial charge on any atom is 0.287 e. The number of benzene rings is 3. The Hall–Kier alpha value is -3.39. The lowest BCUT2D eigenvalue weighted by Crippen LogP contribution is -2.34. The molecule has 30 heavy (non-hydrogen) atoms. The van der Waals surface area contributed by atoms with Crippen molar-refractivity contribution in [2.45, 2.75) is 27.7 Å². The summed E-state index contributed by atoms with van der Waals surface area (Å²) >= 11 is 0. The second-order valence-corrected chi connectivity index (χ2v) is 8.43. The summed E-state index contributed by atoms with van der Waals surface area (Å²) in [6, 6.07) is 24.2. The highest BCUT2D eigenvalue weighted by Gasteiger charge is 2.23. The fourth-order valence-electron chi connectivity index (χ4n) is 4.93. The molecular formula is C28H27N2+. The van der Waals surface area contributed by atoms with Crippen LogP contribution in [0.5, 0.6) is 0 Å². The maximum absolute atomic E-state index is 2.43. The fourth-order valence-corrected chi connectivity index (χ4v) is 4.93. The molecule has 0 saturated heterocycles. The summed E-state index contributed by atoms with van der Waals surface area (Å²) in [5, 5.41) is 2.60. The fraction of sp³-hybridized carbons (Fsp3) is 0.179. The molecule has 3 aromatic carbocycles. The van der Waals surface area contributed by atoms with E-state index in [9.17, 15) is 0 Å². The summed E-state index contributed by atoms with van der Waals surface area (Å²) in [7, 11) is 2.15. The van der Waals surface area contributed by atoms with E-state index < -0.39 is 0 Å². The lowest BCUT2D eigenvalue weighted by molar-refractivity contribution is -0.665. The third-order valence-electron chi connectivity index (χ3n) is 6.32. The van der Waals surface area contributed by atoms with Crippen LogP contribution < -0.4 is 4.57 Å². The Morgan fingerprint density at radius 2 is 1.30 bits per heavy atom. The third kappa shape index (κ3) is 2.68. The Balaban J connectivity index is 1.92. The zero-order valence-electron chi connectivity index (χ0n) is 18.3. The molecule has 2 heteroatoms. The largest absolute Gasteiger partial charge is 0.287 e. The van der Waals surface area contributed by atoms with Gasteiger partial charge in [0.15, 0.2) is 0 Å². The SMILES string of the molecule is Cc1c[n+](C)c(-n2c3ccccc3c3cccc(C)c32)cc1-c1c(C)cccc1C. The van der Waals surface area contributed by atoms with E-state index in [1.807, 2.05) is 0 Å². The van der Waals surface area contributed by atoms with Gasteiger partial charge >= 0.3 is 0 Å². The predicted molar refractivity (Wildman–Crippen MR) is 126 cm³/mol. The van der Waals surface area contributed by atoms with Crippen molar-refractivity contribution in [3.63, 3.8) is 0 Å². The zero-order chi connectivity index (χ0) is 21.0. The van der Waals surface area contributed by atoms with Crippen LogP contribution in [-0.2, 0) is 7.05 Å². The topological polar surface area (TPSA) is 8.81 Å². The zero-order valence-corrected chi connectivity index (χ0v) is 18.3. The highest BCUT2D eigenvalue weighted by molar-refractivity contribution is 6.10. The number of hydrogen-bond acceptors (Lipinski definition) is 0. The summed E-state index contributed by atoms with van der Waals surface area (Å²) < 4.78 is 4.68. The molecule has 0 atom stereocenters. The van der Waals surface area contributed by atoms with Crippen molar-refractivity contribution in [1.82, 2.24) is 4.57 Å². The molecule has 148 valence electrons. The average Bonchev–Trinajstić information content (AvgIpc) is 3.05. The number of aromatic nitrogens is 2. The third-order valence-corrected chi connectivity index (χ3v) is 6.32. The van der Waals surface area contributed by atoms with Crippen molar-refractivity contribution in [1.29, 1.82) is 0 Å². The van der Waals surface area contributed by atoms with Gasteiger partial charge < -0.3 is 0 Å². The number of hydrogen-bond donors (Lipinski definition) is 0. The second-order valence-electron chi connectivity index (χ2n) is 8.43. The quantitative estimate of drug-likeness (QED) is 0.303. The minimum Gasteiger partial charge on any atom is -0.236 e. The van der Waals surface area contributed by atoms with Crippen LogP contribution in [0, 0.1) is 27.7 Å². The predicted octanol–water partition coefficient (Wildman–Crippen LogP) is 6.51. The minimum atomic E-state index is 1.18. The number of para-hydroxylation sites is 2. The number of pyridine rings is 1. The van der Waals surface area contributed by atoms with Crippen LogP contribution in [0.25, 0.3) is 38.8 Å². The summed E-state index contributed by atoms with van der Waals surface area (Å²) in [6.45, 7) is 8.83. The van der Waals surface area contributed by atoms with Gasteiger partial charge in [0, 0.05) is 16.8 Å². The number of aryl methyl sites for hydroxylation is 5. The molecule has 0 amide bonds. The van der Waals surface area contributed by atoms with Gasteiger partial charge in [-0.3, -0.25) is 0 Å². The normalized spacial score (nSPS) is 11.5. The van der Waals surface area contributed by atoms with Crippen LogP contribution in [-0.4, -0.2) is 4.57 Å². The van der Waals surface area contributed by atoms with E-state index in [4.69, 9.17) is 0 Å². The summed E-state index contributed by atoms with van der Waals surface area (Å²) in [6.07, 6.45) is 2.26. The molecule has 0 fully saturated rings. The Morgan fingerprint density at radius 3 is 2.07 bits per heavy atom. The van der Waals surface area contributed by atoms with Gasteiger partial charge in [0.05, 0.1) is 13.2 Å². The maximum atomic E-state index is 2.43. The minimum absolute atomic E-state index is 1.18. The van der Waals surface area contributed by atoms with Gasteiger partial charge in [0.2, 0.25) is 0 Å². The number of nitrogens with zero attached hydrogens (tertiary/aromatic N) is 2. The average molecular weight is 392 g/mol.